The molecule has 3 aromatic heterocycles. The fourth-order valence-electron chi connectivity index (χ4n) is 9.87. The van der Waals surface area contributed by atoms with E-state index in [-0.39, 0.29) is 0 Å². The van der Waals surface area contributed by atoms with Crippen LogP contribution in [0.3, 0.4) is 0 Å². The summed E-state index contributed by atoms with van der Waals surface area (Å²) in [4.78, 5) is 0. The first-order valence-electron chi connectivity index (χ1n) is 19.9. The molecule has 0 saturated carbocycles. The second-order valence-corrected chi connectivity index (χ2v) is 20.1. The zero-order valence-electron chi connectivity index (χ0n) is 31.6. The van der Waals surface area contributed by atoms with Gasteiger partial charge in [-0.05, 0) is 81.4 Å². The molecule has 0 aliphatic rings. The molecule has 0 fully saturated rings. The monoisotopic (exact) mass is 772 g/mol. The number of hydrogen-bond donors (Lipinski definition) is 0. The summed E-state index contributed by atoms with van der Waals surface area (Å²) in [6.07, 6.45) is 0. The highest BCUT2D eigenvalue weighted by Crippen LogP contribution is 2.44. The molecule has 0 spiro atoms. The van der Waals surface area contributed by atoms with Crippen LogP contribution in [-0.4, -0.2) is 17.2 Å². The maximum absolute atomic E-state index is 2.72. The second kappa shape index (κ2) is 13.0. The van der Waals surface area contributed by atoms with Gasteiger partial charge in [0.25, 0.3) is 0 Å². The molecule has 0 amide bonds. The first-order valence-corrected chi connectivity index (χ1v) is 22.8. The van der Waals surface area contributed by atoms with Crippen LogP contribution in [0.4, 0.5) is 0 Å². The fraction of sp³-hybridized carbons (Fsp3) is 0. The molecule has 0 saturated heterocycles. The molecule has 9 aromatic carbocycles. The van der Waals surface area contributed by atoms with Crippen molar-refractivity contribution in [2.45, 2.75) is 0 Å². The van der Waals surface area contributed by atoms with Gasteiger partial charge >= 0.3 is 0 Å². The van der Waals surface area contributed by atoms with Crippen molar-refractivity contribution in [3.8, 4) is 11.4 Å². The number of benzene rings is 9. The van der Waals surface area contributed by atoms with Crippen molar-refractivity contribution in [1.82, 2.24) is 9.13 Å². The van der Waals surface area contributed by atoms with Crippen molar-refractivity contribution in [3.05, 3.63) is 218 Å². The van der Waals surface area contributed by atoms with Crippen molar-refractivity contribution in [2.24, 2.45) is 0 Å². The van der Waals surface area contributed by atoms with E-state index in [2.05, 4.69) is 228 Å². The second-order valence-electron chi connectivity index (χ2n) is 15.2. The Balaban J connectivity index is 1.10. The summed E-state index contributed by atoms with van der Waals surface area (Å²) in [6, 6.07) is 81.3. The molecular formula is C54H36N2SSi. The summed E-state index contributed by atoms with van der Waals surface area (Å²) in [6.45, 7) is 0. The van der Waals surface area contributed by atoms with Crippen molar-refractivity contribution in [3.63, 3.8) is 0 Å². The Bertz CT molecular complexity index is 3410. The summed E-state index contributed by atoms with van der Waals surface area (Å²) >= 11 is 1.88. The van der Waals surface area contributed by atoms with Crippen molar-refractivity contribution in [2.75, 3.05) is 0 Å². The average Bonchev–Trinajstić information content (AvgIpc) is 3.95. The van der Waals surface area contributed by atoms with Crippen molar-refractivity contribution >= 4 is 104 Å². The summed E-state index contributed by atoms with van der Waals surface area (Å²) in [7, 11) is -2.72. The Morgan fingerprint density at radius 3 is 1.48 bits per heavy atom. The molecule has 0 unspecified atom stereocenters. The van der Waals surface area contributed by atoms with E-state index in [1.807, 2.05) is 11.3 Å². The Morgan fingerprint density at radius 2 is 0.793 bits per heavy atom. The normalized spacial score (nSPS) is 12.1. The minimum absolute atomic E-state index is 1.16. The van der Waals surface area contributed by atoms with Crippen LogP contribution in [-0.2, 0) is 0 Å². The van der Waals surface area contributed by atoms with E-state index in [9.17, 15) is 0 Å². The smallest absolute Gasteiger partial charge is 0.179 e. The minimum atomic E-state index is -2.72. The summed E-state index contributed by atoms with van der Waals surface area (Å²) in [5.74, 6) is 0. The van der Waals surface area contributed by atoms with Gasteiger partial charge in [-0.2, -0.15) is 0 Å². The van der Waals surface area contributed by atoms with Gasteiger partial charge in [0, 0.05) is 53.1 Å². The lowest BCUT2D eigenvalue weighted by atomic mass is 10.1. The van der Waals surface area contributed by atoms with Crippen LogP contribution in [0.2, 0.25) is 0 Å². The average molecular weight is 773 g/mol. The van der Waals surface area contributed by atoms with E-state index < -0.39 is 8.07 Å². The van der Waals surface area contributed by atoms with Crippen LogP contribution >= 0.6 is 11.3 Å². The van der Waals surface area contributed by atoms with E-state index in [0.29, 0.717) is 0 Å². The first-order chi connectivity index (χ1) is 28.8. The van der Waals surface area contributed by atoms with E-state index >= 15 is 0 Å². The standard InChI is InChI=1S/C54H36N2SSi/c1-4-18-39(19-5-1)58(40-20-6-2-7-21-40,41-22-8-3-9-23-41)42-24-16-17-37(35-42)55-47-28-13-10-25-43(47)46-36-38(31-32-49(46)55)56-48-29-14-11-26-44(48)53-50(56)33-34-52-54(53)45-27-12-15-30-51(45)57-52/h1-36H. The van der Waals surface area contributed by atoms with Crippen molar-refractivity contribution in [1.29, 1.82) is 0 Å². The molecule has 0 radical (unpaired) electrons. The molecule has 272 valence electrons. The van der Waals surface area contributed by atoms with Crippen LogP contribution < -0.4 is 20.7 Å². The highest BCUT2D eigenvalue weighted by atomic mass is 32.1. The Kier molecular flexibility index (Phi) is 7.46. The molecule has 12 aromatic rings. The molecular weight excluding hydrogens is 737 g/mol. The SMILES string of the molecule is c1ccc([Si](c2ccccc2)(c2ccccc2)c2cccc(-n3c4ccccc4c4cc(-n5c6ccccc6c6c7c(ccc65)sc5ccccc57)ccc43)c2)cc1. The predicted molar refractivity (Wildman–Crippen MR) is 252 cm³/mol. The van der Waals surface area contributed by atoms with E-state index in [0.717, 1.165) is 5.69 Å². The zero-order chi connectivity index (χ0) is 38.2. The van der Waals surface area contributed by atoms with E-state index in [1.165, 1.54) is 90.2 Å². The third-order valence-corrected chi connectivity index (χ3v) is 18.2. The highest BCUT2D eigenvalue weighted by molar-refractivity contribution is 7.26. The minimum Gasteiger partial charge on any atom is -0.309 e. The quantitative estimate of drug-likeness (QED) is 0.118. The summed E-state index contributed by atoms with van der Waals surface area (Å²) in [5, 5.41) is 13.2. The maximum atomic E-state index is 2.48. The van der Waals surface area contributed by atoms with Gasteiger partial charge in [0.15, 0.2) is 8.07 Å². The van der Waals surface area contributed by atoms with Gasteiger partial charge in [-0.25, -0.2) is 0 Å². The Labute approximate surface area is 341 Å². The number of aromatic nitrogens is 2. The summed E-state index contributed by atoms with van der Waals surface area (Å²) in [5.41, 5.74) is 7.18. The number of thiophene rings is 1. The molecule has 0 bridgehead atoms. The summed E-state index contributed by atoms with van der Waals surface area (Å²) < 4.78 is 7.61. The molecule has 2 nitrogen and oxygen atoms in total. The van der Waals surface area contributed by atoms with Crippen molar-refractivity contribution < 1.29 is 0 Å². The van der Waals surface area contributed by atoms with Crippen LogP contribution in [0.25, 0.3) is 75.2 Å². The van der Waals surface area contributed by atoms with Crippen LogP contribution in [0.5, 0.6) is 0 Å². The zero-order valence-corrected chi connectivity index (χ0v) is 33.4. The molecule has 0 atom stereocenters. The van der Waals surface area contributed by atoms with Gasteiger partial charge in [0.05, 0.1) is 22.1 Å². The van der Waals surface area contributed by atoms with Crippen LogP contribution in [0.15, 0.2) is 218 Å². The topological polar surface area (TPSA) is 9.86 Å². The number of hydrogen-bond acceptors (Lipinski definition) is 1. The highest BCUT2D eigenvalue weighted by Gasteiger charge is 2.41. The number of rotatable bonds is 6. The third kappa shape index (κ3) is 4.76. The maximum Gasteiger partial charge on any atom is 0.179 e. The fourth-order valence-corrected chi connectivity index (χ4v) is 15.8. The van der Waals surface area contributed by atoms with E-state index in [4.69, 9.17) is 0 Å². The number of fused-ring (bicyclic) bond motifs is 10. The third-order valence-electron chi connectivity index (χ3n) is 12.2. The van der Waals surface area contributed by atoms with Gasteiger partial charge in [-0.3, -0.25) is 0 Å². The number of para-hydroxylation sites is 2. The molecule has 3 heterocycles. The molecule has 0 aliphatic carbocycles. The molecule has 12 rings (SSSR count). The molecule has 0 aliphatic heterocycles. The number of nitrogens with zero attached hydrogens (tertiary/aromatic N) is 2. The molecule has 4 heteroatoms. The largest absolute Gasteiger partial charge is 0.309 e. The van der Waals surface area contributed by atoms with Crippen LogP contribution in [0, 0.1) is 0 Å². The predicted octanol–water partition coefficient (Wildman–Crippen LogP) is 11.6. The van der Waals surface area contributed by atoms with Gasteiger partial charge in [0.1, 0.15) is 0 Å². The lowest BCUT2D eigenvalue weighted by Crippen LogP contribution is -2.74. The molecule has 0 N–H and O–H groups in total. The van der Waals surface area contributed by atoms with Gasteiger partial charge in [-0.1, -0.05) is 158 Å². The Hall–Kier alpha value is -6.98. The lowest BCUT2D eigenvalue weighted by Gasteiger charge is -2.34. The Morgan fingerprint density at radius 1 is 0.293 bits per heavy atom. The van der Waals surface area contributed by atoms with E-state index in [1.54, 1.807) is 0 Å². The molecule has 58 heavy (non-hydrogen) atoms. The van der Waals surface area contributed by atoms with Gasteiger partial charge < -0.3 is 9.13 Å². The van der Waals surface area contributed by atoms with Gasteiger partial charge in [0.2, 0.25) is 0 Å². The lowest BCUT2D eigenvalue weighted by molar-refractivity contribution is 1.17. The van der Waals surface area contributed by atoms with Crippen LogP contribution in [0.1, 0.15) is 0 Å². The van der Waals surface area contributed by atoms with Gasteiger partial charge in [-0.15, -0.1) is 11.3 Å². The first kappa shape index (κ1) is 33.2.